The Bertz CT molecular complexity index is 637. The first-order valence-electron chi connectivity index (χ1n) is 7.45. The SMILES string of the molecule is COc1cccc(N2CCc3ccccc3C2)c1C(C)N. The quantitative estimate of drug-likeness (QED) is 0.939. The molecule has 110 valence electrons. The lowest BCUT2D eigenvalue weighted by Crippen LogP contribution is -2.31. The van der Waals surface area contributed by atoms with Gasteiger partial charge in [0.05, 0.1) is 7.11 Å². The van der Waals surface area contributed by atoms with Crippen LogP contribution in [-0.4, -0.2) is 13.7 Å². The van der Waals surface area contributed by atoms with E-state index in [0.29, 0.717) is 0 Å². The van der Waals surface area contributed by atoms with Crippen molar-refractivity contribution in [3.05, 3.63) is 59.2 Å². The van der Waals surface area contributed by atoms with Gasteiger partial charge in [0.1, 0.15) is 5.75 Å². The summed E-state index contributed by atoms with van der Waals surface area (Å²) in [4.78, 5) is 2.41. The second-order valence-corrected chi connectivity index (χ2v) is 5.62. The molecule has 0 aliphatic carbocycles. The lowest BCUT2D eigenvalue weighted by atomic mass is 9.97. The summed E-state index contributed by atoms with van der Waals surface area (Å²) in [6, 6.07) is 14.8. The molecule has 3 rings (SSSR count). The van der Waals surface area contributed by atoms with Crippen LogP contribution < -0.4 is 15.4 Å². The van der Waals surface area contributed by atoms with Crippen molar-refractivity contribution in [2.45, 2.75) is 25.9 Å². The van der Waals surface area contributed by atoms with Crippen LogP contribution in [0.2, 0.25) is 0 Å². The van der Waals surface area contributed by atoms with Crippen molar-refractivity contribution in [2.75, 3.05) is 18.6 Å². The molecule has 0 saturated carbocycles. The van der Waals surface area contributed by atoms with E-state index in [-0.39, 0.29) is 6.04 Å². The molecule has 1 atom stereocenters. The first-order chi connectivity index (χ1) is 10.2. The molecular formula is C18H22N2O. The second-order valence-electron chi connectivity index (χ2n) is 5.62. The monoisotopic (exact) mass is 282 g/mol. The third kappa shape index (κ3) is 2.61. The second kappa shape index (κ2) is 5.78. The topological polar surface area (TPSA) is 38.5 Å². The molecule has 0 radical (unpaired) electrons. The van der Waals surface area contributed by atoms with Gasteiger partial charge in [-0.15, -0.1) is 0 Å². The zero-order chi connectivity index (χ0) is 14.8. The lowest BCUT2D eigenvalue weighted by Gasteiger charge is -2.33. The Morgan fingerprint density at radius 1 is 1.10 bits per heavy atom. The maximum Gasteiger partial charge on any atom is 0.125 e. The largest absolute Gasteiger partial charge is 0.496 e. The van der Waals surface area contributed by atoms with Crippen LogP contribution in [0.3, 0.4) is 0 Å². The Kier molecular flexibility index (Phi) is 3.84. The summed E-state index contributed by atoms with van der Waals surface area (Å²) in [7, 11) is 1.70. The van der Waals surface area contributed by atoms with Crippen LogP contribution in [0.5, 0.6) is 5.75 Å². The van der Waals surface area contributed by atoms with E-state index in [1.807, 2.05) is 19.1 Å². The normalized spacial score (nSPS) is 15.5. The molecule has 1 unspecified atom stereocenters. The van der Waals surface area contributed by atoms with Gasteiger partial charge in [0, 0.05) is 30.4 Å². The van der Waals surface area contributed by atoms with Crippen LogP contribution in [0, 0.1) is 0 Å². The number of rotatable bonds is 3. The number of hydrogen-bond acceptors (Lipinski definition) is 3. The minimum absolute atomic E-state index is 0.0479. The highest BCUT2D eigenvalue weighted by molar-refractivity contribution is 5.61. The van der Waals surface area contributed by atoms with E-state index in [9.17, 15) is 0 Å². The number of fused-ring (bicyclic) bond motifs is 1. The van der Waals surface area contributed by atoms with E-state index in [1.165, 1.54) is 16.8 Å². The third-order valence-corrected chi connectivity index (χ3v) is 4.19. The maximum absolute atomic E-state index is 6.19. The summed E-state index contributed by atoms with van der Waals surface area (Å²) in [5.74, 6) is 0.876. The molecule has 0 bridgehead atoms. The van der Waals surface area contributed by atoms with E-state index < -0.39 is 0 Å². The highest BCUT2D eigenvalue weighted by Crippen LogP contribution is 2.35. The van der Waals surface area contributed by atoms with E-state index in [4.69, 9.17) is 10.5 Å². The van der Waals surface area contributed by atoms with Gasteiger partial charge in [-0.05, 0) is 36.6 Å². The minimum atomic E-state index is -0.0479. The summed E-state index contributed by atoms with van der Waals surface area (Å²) < 4.78 is 5.50. The van der Waals surface area contributed by atoms with E-state index >= 15 is 0 Å². The zero-order valence-electron chi connectivity index (χ0n) is 12.7. The highest BCUT2D eigenvalue weighted by Gasteiger charge is 2.21. The van der Waals surface area contributed by atoms with Crippen LogP contribution in [-0.2, 0) is 13.0 Å². The Hall–Kier alpha value is -2.00. The number of ether oxygens (including phenoxy) is 1. The predicted octanol–water partition coefficient (Wildman–Crippen LogP) is 3.28. The van der Waals surface area contributed by atoms with Crippen LogP contribution in [0.4, 0.5) is 5.69 Å². The van der Waals surface area contributed by atoms with Crippen molar-refractivity contribution < 1.29 is 4.74 Å². The molecule has 3 heteroatoms. The average molecular weight is 282 g/mol. The molecule has 2 N–H and O–H groups in total. The number of anilines is 1. The lowest BCUT2D eigenvalue weighted by molar-refractivity contribution is 0.407. The first kappa shape index (κ1) is 14.0. The molecule has 0 saturated heterocycles. The molecule has 1 aliphatic heterocycles. The standard InChI is InChI=1S/C18H22N2O/c1-13(19)18-16(8-5-9-17(18)21-2)20-11-10-14-6-3-4-7-15(14)12-20/h3-9,13H,10-12,19H2,1-2H3. The molecule has 0 amide bonds. The average Bonchev–Trinajstić information content (AvgIpc) is 2.53. The van der Waals surface area contributed by atoms with Crippen molar-refractivity contribution in [1.82, 2.24) is 0 Å². The summed E-state index contributed by atoms with van der Waals surface area (Å²) in [5, 5.41) is 0. The van der Waals surface area contributed by atoms with E-state index in [2.05, 4.69) is 35.2 Å². The van der Waals surface area contributed by atoms with Gasteiger partial charge < -0.3 is 15.4 Å². The number of methoxy groups -OCH3 is 1. The predicted molar refractivity (Wildman–Crippen MR) is 86.8 cm³/mol. The molecule has 0 aromatic heterocycles. The van der Waals surface area contributed by atoms with Crippen LogP contribution in [0.15, 0.2) is 42.5 Å². The Balaban J connectivity index is 1.99. The zero-order valence-corrected chi connectivity index (χ0v) is 12.7. The summed E-state index contributed by atoms with van der Waals surface area (Å²) in [6.45, 7) is 3.96. The highest BCUT2D eigenvalue weighted by atomic mass is 16.5. The smallest absolute Gasteiger partial charge is 0.125 e. The fraction of sp³-hybridized carbons (Fsp3) is 0.333. The van der Waals surface area contributed by atoms with Crippen molar-refractivity contribution in [1.29, 1.82) is 0 Å². The van der Waals surface area contributed by atoms with Crippen molar-refractivity contribution in [3.63, 3.8) is 0 Å². The number of hydrogen-bond donors (Lipinski definition) is 1. The fourth-order valence-corrected chi connectivity index (χ4v) is 3.15. The fourth-order valence-electron chi connectivity index (χ4n) is 3.15. The number of nitrogens with zero attached hydrogens (tertiary/aromatic N) is 1. The number of nitrogens with two attached hydrogens (primary N) is 1. The van der Waals surface area contributed by atoms with Gasteiger partial charge in [-0.2, -0.15) is 0 Å². The Morgan fingerprint density at radius 3 is 2.57 bits per heavy atom. The van der Waals surface area contributed by atoms with Gasteiger partial charge >= 0.3 is 0 Å². The minimum Gasteiger partial charge on any atom is -0.496 e. The molecule has 2 aromatic rings. The van der Waals surface area contributed by atoms with Gasteiger partial charge in [-0.1, -0.05) is 30.3 Å². The van der Waals surface area contributed by atoms with Crippen molar-refractivity contribution in [2.24, 2.45) is 5.73 Å². The number of benzene rings is 2. The molecule has 21 heavy (non-hydrogen) atoms. The van der Waals surface area contributed by atoms with Crippen molar-refractivity contribution in [3.8, 4) is 5.75 Å². The summed E-state index contributed by atoms with van der Waals surface area (Å²) in [6.07, 6.45) is 1.08. The molecule has 0 spiro atoms. The van der Waals surface area contributed by atoms with Gasteiger partial charge in [0.2, 0.25) is 0 Å². The maximum atomic E-state index is 6.19. The molecule has 1 heterocycles. The Labute approximate surface area is 126 Å². The molecule has 3 nitrogen and oxygen atoms in total. The van der Waals surface area contributed by atoms with Crippen molar-refractivity contribution >= 4 is 5.69 Å². The van der Waals surface area contributed by atoms with E-state index in [1.54, 1.807) is 7.11 Å². The van der Waals surface area contributed by atoms with Gasteiger partial charge in [0.25, 0.3) is 0 Å². The molecule has 0 fully saturated rings. The molecular weight excluding hydrogens is 260 g/mol. The van der Waals surface area contributed by atoms with Crippen LogP contribution >= 0.6 is 0 Å². The van der Waals surface area contributed by atoms with Gasteiger partial charge in [0.15, 0.2) is 0 Å². The summed E-state index contributed by atoms with van der Waals surface area (Å²) in [5.41, 5.74) is 11.3. The van der Waals surface area contributed by atoms with Crippen LogP contribution in [0.25, 0.3) is 0 Å². The first-order valence-corrected chi connectivity index (χ1v) is 7.45. The summed E-state index contributed by atoms with van der Waals surface area (Å²) >= 11 is 0. The van der Waals surface area contributed by atoms with E-state index in [0.717, 1.165) is 30.8 Å². The molecule has 1 aliphatic rings. The Morgan fingerprint density at radius 2 is 1.86 bits per heavy atom. The third-order valence-electron chi connectivity index (χ3n) is 4.19. The van der Waals surface area contributed by atoms with Crippen LogP contribution in [0.1, 0.15) is 29.7 Å². The van der Waals surface area contributed by atoms with Gasteiger partial charge in [-0.25, -0.2) is 0 Å². The molecule has 2 aromatic carbocycles. The van der Waals surface area contributed by atoms with Gasteiger partial charge in [-0.3, -0.25) is 0 Å².